The molecule has 13 nitrogen and oxygen atoms in total. The normalized spacial score (nSPS) is 21.7. The molecular formula is C32H32N6O7S4. The number of morpholine rings is 1. The van der Waals surface area contributed by atoms with E-state index in [1.165, 1.54) is 39.8 Å². The minimum Gasteiger partial charge on any atom is -0.477 e. The Hall–Kier alpha value is -3.90. The standard InChI is InChI=1S/C32H32N6O7S4/c33-32-34-21(16-48-32)25(36-45-19-3-1-2-4-19)28(40)35-26-29(41)38-27(31(42)43)17(15-47-30(26)38)7-12-46-24-14-22(39)20-6-5-18(13-23(20)49-24)37-8-10-44-11-9-37/h5-7,12-14,16,19,26,30H,1-4,8-11,15H2,(H2,33,34)(H,35,40)(H,42,43)/t26?,30-/m1/s1. The number of carbonyl (C=O) groups excluding carboxylic acids is 2. The minimum absolute atomic E-state index is 0.0875. The number of rotatable bonds is 10. The summed E-state index contributed by atoms with van der Waals surface area (Å²) in [5.74, 6) is -2.15. The third kappa shape index (κ3) is 7.08. The molecule has 4 aliphatic rings. The van der Waals surface area contributed by atoms with E-state index in [1.54, 1.807) is 22.9 Å². The first-order valence-corrected chi connectivity index (χ1v) is 19.3. The number of carboxylic acids is 1. The van der Waals surface area contributed by atoms with Crippen LogP contribution in [0.15, 0.2) is 66.6 Å². The summed E-state index contributed by atoms with van der Waals surface area (Å²) < 4.78 is 7.08. The SMILES string of the molecule is Nc1nc(C(=NOC2CCCC2)C(=O)NC2C(=O)N3C(C(=O)O)=C(C=CSc4cc(=O)c5ccc(N6CCOCC6)cc5s4)CS[C@H]23)cs1. The number of aliphatic carboxylic acids is 1. The second-order valence-electron chi connectivity index (χ2n) is 11.7. The Kier molecular flexibility index (Phi) is 9.96. The predicted molar refractivity (Wildman–Crippen MR) is 192 cm³/mol. The molecule has 1 aliphatic carbocycles. The van der Waals surface area contributed by atoms with E-state index in [-0.39, 0.29) is 33.8 Å². The zero-order chi connectivity index (χ0) is 34.1. The van der Waals surface area contributed by atoms with Crippen LogP contribution in [0.25, 0.3) is 10.1 Å². The van der Waals surface area contributed by atoms with Gasteiger partial charge in [0, 0.05) is 46.1 Å². The molecule has 1 unspecified atom stereocenters. The number of anilines is 2. The van der Waals surface area contributed by atoms with E-state index < -0.39 is 29.2 Å². The zero-order valence-corrected chi connectivity index (χ0v) is 29.3. The van der Waals surface area contributed by atoms with Gasteiger partial charge in [-0.1, -0.05) is 16.9 Å². The van der Waals surface area contributed by atoms with Gasteiger partial charge in [-0.2, -0.15) is 0 Å². The Morgan fingerprint density at radius 1 is 1.18 bits per heavy atom. The summed E-state index contributed by atoms with van der Waals surface area (Å²) in [7, 11) is 0. The lowest BCUT2D eigenvalue weighted by atomic mass is 10.0. The number of thiazole rings is 1. The summed E-state index contributed by atoms with van der Waals surface area (Å²) in [5.41, 5.74) is 7.21. The highest BCUT2D eigenvalue weighted by molar-refractivity contribution is 8.04. The van der Waals surface area contributed by atoms with Crippen LogP contribution in [0, 0.1) is 0 Å². The van der Waals surface area contributed by atoms with Gasteiger partial charge < -0.3 is 30.6 Å². The molecule has 3 aliphatic heterocycles. The number of hydrogen-bond donors (Lipinski definition) is 3. The highest BCUT2D eigenvalue weighted by Gasteiger charge is 2.54. The molecule has 2 saturated heterocycles. The van der Waals surface area contributed by atoms with Crippen LogP contribution in [0.1, 0.15) is 31.4 Å². The molecule has 2 atom stereocenters. The Bertz CT molecular complexity index is 1950. The number of nitrogens with one attached hydrogen (secondary N) is 1. The van der Waals surface area contributed by atoms with Crippen molar-refractivity contribution in [2.24, 2.45) is 5.16 Å². The number of fused-ring (bicyclic) bond motifs is 2. The molecule has 3 fully saturated rings. The number of amides is 2. The minimum atomic E-state index is -1.25. The Morgan fingerprint density at radius 2 is 1.98 bits per heavy atom. The van der Waals surface area contributed by atoms with Gasteiger partial charge in [-0.25, -0.2) is 9.78 Å². The average molecular weight is 741 g/mol. The van der Waals surface area contributed by atoms with Gasteiger partial charge in [0.25, 0.3) is 11.8 Å². The van der Waals surface area contributed by atoms with E-state index in [0.717, 1.165) is 64.7 Å². The van der Waals surface area contributed by atoms with Crippen molar-refractivity contribution >= 4 is 90.6 Å². The summed E-state index contributed by atoms with van der Waals surface area (Å²) in [6.45, 7) is 2.90. The molecule has 49 heavy (non-hydrogen) atoms. The second kappa shape index (κ2) is 14.5. The first-order chi connectivity index (χ1) is 23.8. The van der Waals surface area contributed by atoms with Gasteiger partial charge in [-0.15, -0.1) is 34.4 Å². The summed E-state index contributed by atoms with van der Waals surface area (Å²) in [4.78, 5) is 65.3. The number of benzene rings is 1. The first kappa shape index (κ1) is 33.6. The van der Waals surface area contributed by atoms with E-state index in [2.05, 4.69) is 20.4 Å². The molecule has 5 heterocycles. The highest BCUT2D eigenvalue weighted by Crippen LogP contribution is 2.41. The number of oxime groups is 1. The molecule has 1 aromatic carbocycles. The van der Waals surface area contributed by atoms with Crippen LogP contribution >= 0.6 is 46.2 Å². The van der Waals surface area contributed by atoms with Crippen molar-refractivity contribution in [3.8, 4) is 0 Å². The third-order valence-electron chi connectivity index (χ3n) is 8.58. The molecular weight excluding hydrogens is 709 g/mol. The second-order valence-corrected chi connectivity index (χ2v) is 16.0. The molecule has 17 heteroatoms. The molecule has 7 rings (SSSR count). The summed E-state index contributed by atoms with van der Waals surface area (Å²) in [6.07, 6.45) is 5.29. The van der Waals surface area contributed by atoms with Crippen LogP contribution in [-0.4, -0.2) is 88.1 Å². The topological polar surface area (TPSA) is 177 Å². The first-order valence-electron chi connectivity index (χ1n) is 15.7. The maximum atomic E-state index is 13.4. The van der Waals surface area contributed by atoms with Crippen molar-refractivity contribution in [1.82, 2.24) is 15.2 Å². The lowest BCUT2D eigenvalue weighted by Crippen LogP contribution is -2.71. The van der Waals surface area contributed by atoms with Crippen molar-refractivity contribution in [3.05, 3.63) is 68.3 Å². The molecule has 3 aromatic rings. The van der Waals surface area contributed by atoms with Crippen molar-refractivity contribution in [2.75, 3.05) is 42.7 Å². The Labute approximate surface area is 297 Å². The largest absolute Gasteiger partial charge is 0.477 e. The molecule has 0 spiro atoms. The molecule has 0 bridgehead atoms. The van der Waals surface area contributed by atoms with Crippen LogP contribution in [0.5, 0.6) is 0 Å². The fourth-order valence-electron chi connectivity index (χ4n) is 6.08. The van der Waals surface area contributed by atoms with E-state index in [1.807, 2.05) is 18.2 Å². The number of nitrogens with zero attached hydrogens (tertiary/aromatic N) is 4. The van der Waals surface area contributed by atoms with Crippen molar-refractivity contribution in [1.29, 1.82) is 0 Å². The van der Waals surface area contributed by atoms with Gasteiger partial charge in [0.1, 0.15) is 28.9 Å². The van der Waals surface area contributed by atoms with Crippen molar-refractivity contribution < 1.29 is 29.1 Å². The highest BCUT2D eigenvalue weighted by atomic mass is 32.2. The summed E-state index contributed by atoms with van der Waals surface area (Å²) >= 11 is 5.30. The van der Waals surface area contributed by atoms with Gasteiger partial charge in [0.15, 0.2) is 16.3 Å². The molecule has 256 valence electrons. The van der Waals surface area contributed by atoms with Crippen molar-refractivity contribution in [3.63, 3.8) is 0 Å². The molecule has 0 radical (unpaired) electrons. The van der Waals surface area contributed by atoms with Crippen LogP contribution in [-0.2, 0) is 24.0 Å². The van der Waals surface area contributed by atoms with Gasteiger partial charge >= 0.3 is 5.97 Å². The van der Waals surface area contributed by atoms with Gasteiger partial charge in [-0.05, 0) is 60.9 Å². The number of hydrogen-bond acceptors (Lipinski definition) is 14. The maximum Gasteiger partial charge on any atom is 0.352 e. The van der Waals surface area contributed by atoms with Crippen LogP contribution < -0.4 is 21.4 Å². The average Bonchev–Trinajstić information content (AvgIpc) is 3.79. The number of thioether (sulfide) groups is 2. The van der Waals surface area contributed by atoms with E-state index in [9.17, 15) is 24.3 Å². The van der Waals surface area contributed by atoms with Gasteiger partial charge in [0.05, 0.1) is 17.4 Å². The number of ether oxygens (including phenoxy) is 1. The lowest BCUT2D eigenvalue weighted by Gasteiger charge is -2.49. The van der Waals surface area contributed by atoms with Gasteiger partial charge in [0.2, 0.25) is 0 Å². The van der Waals surface area contributed by atoms with Crippen LogP contribution in [0.4, 0.5) is 10.8 Å². The molecule has 4 N–H and O–H groups in total. The fourth-order valence-corrected chi connectivity index (χ4v) is 9.96. The number of allylic oxidation sites excluding steroid dienone is 1. The van der Waals surface area contributed by atoms with Crippen LogP contribution in [0.2, 0.25) is 0 Å². The van der Waals surface area contributed by atoms with E-state index in [0.29, 0.717) is 29.9 Å². The fraction of sp³-hybridized carbons (Fsp3) is 0.375. The summed E-state index contributed by atoms with van der Waals surface area (Å²) in [6, 6.07) is 6.46. The summed E-state index contributed by atoms with van der Waals surface area (Å²) in [5, 5.41) is 20.6. The smallest absolute Gasteiger partial charge is 0.352 e. The number of carbonyl (C=O) groups is 3. The predicted octanol–water partition coefficient (Wildman–Crippen LogP) is 3.84. The number of β-lactam (4-membered cyclic amide) rings is 1. The van der Waals surface area contributed by atoms with Crippen molar-refractivity contribution in [2.45, 2.75) is 47.4 Å². The Balaban J connectivity index is 1.05. The monoisotopic (exact) mass is 740 g/mol. The number of carboxylic acid groups (broad SMARTS) is 1. The molecule has 1 saturated carbocycles. The quantitative estimate of drug-likeness (QED) is 0.119. The lowest BCUT2D eigenvalue weighted by molar-refractivity contribution is -0.150. The van der Waals surface area contributed by atoms with Crippen LogP contribution in [0.3, 0.4) is 0 Å². The van der Waals surface area contributed by atoms with Gasteiger partial charge in [-0.3, -0.25) is 19.3 Å². The zero-order valence-electron chi connectivity index (χ0n) is 26.0. The number of aromatic nitrogens is 1. The molecule has 2 amide bonds. The number of nitrogen functional groups attached to an aromatic ring is 1. The number of nitrogens with two attached hydrogens (primary N) is 1. The maximum absolute atomic E-state index is 13.4. The van der Waals surface area contributed by atoms with E-state index in [4.69, 9.17) is 15.3 Å². The third-order valence-corrected chi connectivity index (χ3v) is 12.6. The van der Waals surface area contributed by atoms with E-state index >= 15 is 0 Å². The Morgan fingerprint density at radius 3 is 2.71 bits per heavy atom. The molecule has 2 aromatic heterocycles.